The third kappa shape index (κ3) is 5.52. The SMILES string of the molecule is c1ccc(-c2cc(-c3cccc(-n4c5ccccc5c5ccc6c7ccccc7n(-c7ccc8c(c7)c7ccccc7n8-c7ccccc7)c6c54)c3)cc(-c3ccccc3)n2)cc1. The van der Waals surface area contributed by atoms with E-state index in [0.29, 0.717) is 0 Å². The number of fused-ring (bicyclic) bond motifs is 10. The molecule has 4 nitrogen and oxygen atoms in total. The number of nitrogens with zero attached hydrogens (tertiary/aromatic N) is 4. The van der Waals surface area contributed by atoms with E-state index in [0.717, 1.165) is 50.7 Å². The Labute approximate surface area is 363 Å². The van der Waals surface area contributed by atoms with E-state index < -0.39 is 0 Å². The van der Waals surface area contributed by atoms with Gasteiger partial charge in [-0.25, -0.2) is 4.98 Å². The Kier molecular flexibility index (Phi) is 7.87. The molecule has 0 saturated carbocycles. The van der Waals surface area contributed by atoms with Gasteiger partial charge >= 0.3 is 0 Å². The Morgan fingerprint density at radius 2 is 0.667 bits per heavy atom. The van der Waals surface area contributed by atoms with Gasteiger partial charge in [0, 0.05) is 60.5 Å². The van der Waals surface area contributed by atoms with Gasteiger partial charge in [-0.15, -0.1) is 0 Å². The molecule has 0 aliphatic rings. The van der Waals surface area contributed by atoms with E-state index in [-0.39, 0.29) is 0 Å². The average Bonchev–Trinajstić information content (AvgIpc) is 4.00. The normalized spacial score (nSPS) is 11.8. The molecule has 0 amide bonds. The third-order valence-corrected chi connectivity index (χ3v) is 12.8. The van der Waals surface area contributed by atoms with Crippen LogP contribution < -0.4 is 0 Å². The van der Waals surface area contributed by atoms with Crippen LogP contribution in [0.15, 0.2) is 231 Å². The largest absolute Gasteiger partial charge is 0.309 e. The zero-order valence-corrected chi connectivity index (χ0v) is 34.2. The highest BCUT2D eigenvalue weighted by atomic mass is 15.0. The van der Waals surface area contributed by atoms with E-state index in [9.17, 15) is 0 Å². The van der Waals surface area contributed by atoms with Crippen molar-refractivity contribution in [2.24, 2.45) is 0 Å². The molecule has 4 heterocycles. The molecule has 0 radical (unpaired) electrons. The van der Waals surface area contributed by atoms with E-state index >= 15 is 0 Å². The monoisotopic (exact) mass is 802 g/mol. The second-order valence-corrected chi connectivity index (χ2v) is 16.4. The van der Waals surface area contributed by atoms with Gasteiger partial charge in [-0.3, -0.25) is 0 Å². The van der Waals surface area contributed by atoms with E-state index in [1.807, 2.05) is 0 Å². The molecule has 0 fully saturated rings. The molecule has 4 aromatic heterocycles. The number of hydrogen-bond donors (Lipinski definition) is 0. The van der Waals surface area contributed by atoms with Gasteiger partial charge in [-0.1, -0.05) is 158 Å². The van der Waals surface area contributed by atoms with Crippen molar-refractivity contribution in [3.05, 3.63) is 231 Å². The van der Waals surface area contributed by atoms with Gasteiger partial charge in [0.1, 0.15) is 0 Å². The van der Waals surface area contributed by atoms with Gasteiger partial charge in [0.25, 0.3) is 0 Å². The smallest absolute Gasteiger partial charge is 0.0788 e. The lowest BCUT2D eigenvalue weighted by molar-refractivity contribution is 1.15. The summed E-state index contributed by atoms with van der Waals surface area (Å²) in [6, 6.07) is 83.3. The minimum absolute atomic E-state index is 0.948. The Bertz CT molecular complexity index is 3830. The highest BCUT2D eigenvalue weighted by molar-refractivity contribution is 6.24. The summed E-state index contributed by atoms with van der Waals surface area (Å²) < 4.78 is 7.38. The lowest BCUT2D eigenvalue weighted by atomic mass is 9.99. The van der Waals surface area contributed by atoms with Crippen molar-refractivity contribution in [3.8, 4) is 50.7 Å². The van der Waals surface area contributed by atoms with Crippen molar-refractivity contribution in [1.29, 1.82) is 0 Å². The molecule has 0 bridgehead atoms. The summed E-state index contributed by atoms with van der Waals surface area (Å²) in [4.78, 5) is 5.19. The Morgan fingerprint density at radius 3 is 1.24 bits per heavy atom. The fourth-order valence-electron chi connectivity index (χ4n) is 10.0. The van der Waals surface area contributed by atoms with Crippen molar-refractivity contribution in [1.82, 2.24) is 18.7 Å². The Hall–Kier alpha value is -8.47. The van der Waals surface area contributed by atoms with Crippen LogP contribution in [0.5, 0.6) is 0 Å². The molecule has 13 rings (SSSR count). The molecule has 0 saturated heterocycles. The predicted molar refractivity (Wildman–Crippen MR) is 264 cm³/mol. The van der Waals surface area contributed by atoms with Gasteiger partial charge in [0.05, 0.1) is 44.5 Å². The maximum atomic E-state index is 5.19. The van der Waals surface area contributed by atoms with E-state index in [1.54, 1.807) is 0 Å². The molecule has 0 atom stereocenters. The minimum Gasteiger partial charge on any atom is -0.309 e. The first-order valence-electron chi connectivity index (χ1n) is 21.5. The van der Waals surface area contributed by atoms with Crippen LogP contribution in [0.4, 0.5) is 0 Å². The van der Waals surface area contributed by atoms with E-state index in [4.69, 9.17) is 4.98 Å². The number of para-hydroxylation sites is 4. The molecule has 0 spiro atoms. The molecule has 0 unspecified atom stereocenters. The molecule has 294 valence electrons. The van der Waals surface area contributed by atoms with Crippen LogP contribution in [-0.2, 0) is 0 Å². The maximum absolute atomic E-state index is 5.19. The minimum atomic E-state index is 0.948. The first-order chi connectivity index (χ1) is 31.3. The van der Waals surface area contributed by atoms with Gasteiger partial charge in [0.2, 0.25) is 0 Å². The molecule has 13 aromatic rings. The van der Waals surface area contributed by atoms with Crippen molar-refractivity contribution in [3.63, 3.8) is 0 Å². The number of aromatic nitrogens is 4. The van der Waals surface area contributed by atoms with Crippen LogP contribution in [-0.4, -0.2) is 18.7 Å². The number of hydrogen-bond acceptors (Lipinski definition) is 1. The number of pyridine rings is 1. The van der Waals surface area contributed by atoms with Crippen LogP contribution in [0.25, 0.3) is 116 Å². The molecule has 0 N–H and O–H groups in total. The first kappa shape index (κ1) is 35.3. The standard InChI is InChI=1S/C59H38N4/c1-4-17-39(18-5-1)52-36-42(37-53(60-52)40-19-6-2-7-20-40)41-21-16-24-44(35-41)62-55-29-14-10-25-46(55)49-32-33-50-47-26-11-15-30-56(47)63(59(50)58(49)62)45-31-34-57-51(38-45)48-27-12-13-28-54(48)61(57)43-22-8-3-9-23-43/h1-38H. The van der Waals surface area contributed by atoms with Crippen LogP contribution in [0.1, 0.15) is 0 Å². The lowest BCUT2D eigenvalue weighted by Crippen LogP contribution is -1.99. The van der Waals surface area contributed by atoms with Gasteiger partial charge in [-0.2, -0.15) is 0 Å². The fourth-order valence-corrected chi connectivity index (χ4v) is 10.0. The summed E-state index contributed by atoms with van der Waals surface area (Å²) >= 11 is 0. The van der Waals surface area contributed by atoms with Crippen molar-refractivity contribution in [2.75, 3.05) is 0 Å². The van der Waals surface area contributed by atoms with Gasteiger partial charge < -0.3 is 13.7 Å². The Morgan fingerprint density at radius 1 is 0.238 bits per heavy atom. The number of rotatable bonds is 6. The first-order valence-corrected chi connectivity index (χ1v) is 21.5. The van der Waals surface area contributed by atoms with Crippen molar-refractivity contribution < 1.29 is 0 Å². The molecule has 0 aliphatic heterocycles. The molecular formula is C59H38N4. The summed E-state index contributed by atoms with van der Waals surface area (Å²) in [5, 5.41) is 7.35. The van der Waals surface area contributed by atoms with Gasteiger partial charge in [0.15, 0.2) is 0 Å². The number of benzene rings is 9. The highest BCUT2D eigenvalue weighted by Crippen LogP contribution is 2.43. The molecule has 63 heavy (non-hydrogen) atoms. The zero-order valence-electron chi connectivity index (χ0n) is 34.2. The lowest BCUT2D eigenvalue weighted by Gasteiger charge is -2.15. The van der Waals surface area contributed by atoms with Crippen LogP contribution in [0.2, 0.25) is 0 Å². The highest BCUT2D eigenvalue weighted by Gasteiger charge is 2.22. The summed E-state index contributed by atoms with van der Waals surface area (Å²) in [6.45, 7) is 0. The molecule has 9 aromatic carbocycles. The predicted octanol–water partition coefficient (Wildman–Crippen LogP) is 15.4. The maximum Gasteiger partial charge on any atom is 0.0788 e. The average molecular weight is 803 g/mol. The van der Waals surface area contributed by atoms with Crippen molar-refractivity contribution >= 4 is 65.4 Å². The topological polar surface area (TPSA) is 27.7 Å². The fraction of sp³-hybridized carbons (Fsp3) is 0. The quantitative estimate of drug-likeness (QED) is 0.165. The zero-order chi connectivity index (χ0) is 41.4. The van der Waals surface area contributed by atoms with Gasteiger partial charge in [-0.05, 0) is 83.9 Å². The third-order valence-electron chi connectivity index (χ3n) is 12.8. The van der Waals surface area contributed by atoms with Crippen LogP contribution in [0.3, 0.4) is 0 Å². The summed E-state index contributed by atoms with van der Waals surface area (Å²) in [6.07, 6.45) is 0. The Balaban J connectivity index is 1.08. The second-order valence-electron chi connectivity index (χ2n) is 16.4. The molecular weight excluding hydrogens is 765 g/mol. The second kappa shape index (κ2) is 14.1. The summed E-state index contributed by atoms with van der Waals surface area (Å²) in [7, 11) is 0. The summed E-state index contributed by atoms with van der Waals surface area (Å²) in [5.41, 5.74) is 16.8. The molecule has 0 aliphatic carbocycles. The summed E-state index contributed by atoms with van der Waals surface area (Å²) in [5.74, 6) is 0. The van der Waals surface area contributed by atoms with Crippen molar-refractivity contribution in [2.45, 2.75) is 0 Å². The van der Waals surface area contributed by atoms with Crippen LogP contribution >= 0.6 is 0 Å². The molecule has 4 heteroatoms. The van der Waals surface area contributed by atoms with Crippen LogP contribution in [0, 0.1) is 0 Å². The van der Waals surface area contributed by atoms with E-state index in [1.165, 1.54) is 65.4 Å². The van der Waals surface area contributed by atoms with E-state index in [2.05, 4.69) is 244 Å².